The highest BCUT2D eigenvalue weighted by Gasteiger charge is 2.34. The Labute approximate surface area is 111 Å². The smallest absolute Gasteiger partial charge is 0.326 e. The fraction of sp³-hybridized carbons (Fsp3) is 0.462. The Hall–Kier alpha value is -2.11. The molecule has 1 aromatic rings. The topological polar surface area (TPSA) is 82.5 Å². The number of hydrogen-bond acceptors (Lipinski definition) is 3. The summed E-state index contributed by atoms with van der Waals surface area (Å²) in [4.78, 5) is 28.6. The van der Waals surface area contributed by atoms with Gasteiger partial charge in [-0.2, -0.15) is 0 Å². The Kier molecular flexibility index (Phi) is 3.99. The highest BCUT2D eigenvalue weighted by atomic mass is 16.4. The van der Waals surface area contributed by atoms with E-state index in [2.05, 4.69) is 10.3 Å². The molecule has 2 atom stereocenters. The van der Waals surface area contributed by atoms with E-state index >= 15 is 0 Å². The minimum Gasteiger partial charge on any atom is -0.480 e. The highest BCUT2D eigenvalue weighted by Crippen LogP contribution is 2.18. The number of aliphatic carboxylic acids is 1. The van der Waals surface area contributed by atoms with E-state index in [1.54, 1.807) is 12.3 Å². The fourth-order valence-corrected chi connectivity index (χ4v) is 2.24. The zero-order valence-electron chi connectivity index (χ0n) is 10.7. The minimum absolute atomic E-state index is 0.247. The molecule has 0 spiro atoms. The molecule has 0 bridgehead atoms. The molecule has 0 aromatic carbocycles. The van der Waals surface area contributed by atoms with Gasteiger partial charge >= 0.3 is 12.0 Å². The van der Waals surface area contributed by atoms with E-state index in [0.29, 0.717) is 13.0 Å². The summed E-state index contributed by atoms with van der Waals surface area (Å²) in [5, 5.41) is 11.8. The summed E-state index contributed by atoms with van der Waals surface area (Å²) in [5.41, 5.74) is 0.752. The number of carboxylic acid groups (broad SMARTS) is 1. The Morgan fingerprint density at radius 1 is 1.53 bits per heavy atom. The zero-order valence-corrected chi connectivity index (χ0v) is 10.7. The van der Waals surface area contributed by atoms with Crippen LogP contribution < -0.4 is 5.32 Å². The van der Waals surface area contributed by atoms with Crippen LogP contribution in [0, 0.1) is 0 Å². The van der Waals surface area contributed by atoms with Crippen LogP contribution in [0.5, 0.6) is 0 Å². The maximum absolute atomic E-state index is 12.1. The number of likely N-dealkylation sites (tertiary alicyclic amines) is 1. The van der Waals surface area contributed by atoms with Gasteiger partial charge < -0.3 is 15.3 Å². The van der Waals surface area contributed by atoms with Crippen LogP contribution >= 0.6 is 0 Å². The zero-order chi connectivity index (χ0) is 13.8. The van der Waals surface area contributed by atoms with Crippen molar-refractivity contribution in [3.05, 3.63) is 30.1 Å². The van der Waals surface area contributed by atoms with Gasteiger partial charge in [0.15, 0.2) is 0 Å². The Morgan fingerprint density at radius 3 is 2.95 bits per heavy atom. The standard InChI is InChI=1S/C13H17N3O3/c1-9(10-5-2-3-7-14-10)15-13(19)16-8-4-6-11(16)12(17)18/h2-3,5,7,9,11H,4,6,8H2,1H3,(H,15,19)(H,17,18)/t9?,11-/m1/s1. The molecule has 1 aliphatic rings. The molecule has 0 saturated carbocycles. The number of carbonyl (C=O) groups excluding carboxylic acids is 1. The quantitative estimate of drug-likeness (QED) is 0.863. The lowest BCUT2D eigenvalue weighted by molar-refractivity contribution is -0.141. The van der Waals surface area contributed by atoms with Gasteiger partial charge in [0.2, 0.25) is 0 Å². The van der Waals surface area contributed by atoms with Crippen LogP contribution in [-0.4, -0.2) is 39.6 Å². The summed E-state index contributed by atoms with van der Waals surface area (Å²) in [7, 11) is 0. The van der Waals surface area contributed by atoms with Crippen molar-refractivity contribution >= 4 is 12.0 Å². The molecule has 102 valence electrons. The lowest BCUT2D eigenvalue weighted by atomic mass is 10.2. The molecule has 1 fully saturated rings. The van der Waals surface area contributed by atoms with E-state index in [9.17, 15) is 9.59 Å². The van der Waals surface area contributed by atoms with Gasteiger partial charge in [-0.25, -0.2) is 9.59 Å². The molecule has 0 radical (unpaired) electrons. The molecule has 2 N–H and O–H groups in total. The number of carbonyl (C=O) groups is 2. The van der Waals surface area contributed by atoms with Crippen molar-refractivity contribution in [2.75, 3.05) is 6.54 Å². The van der Waals surface area contributed by atoms with Crippen LogP contribution in [0.2, 0.25) is 0 Å². The maximum Gasteiger partial charge on any atom is 0.326 e. The number of pyridine rings is 1. The fourth-order valence-electron chi connectivity index (χ4n) is 2.24. The molecule has 19 heavy (non-hydrogen) atoms. The number of aromatic nitrogens is 1. The number of carboxylic acids is 1. The average Bonchev–Trinajstić information content (AvgIpc) is 2.89. The predicted octanol–water partition coefficient (Wildman–Crippen LogP) is 1.40. The van der Waals surface area contributed by atoms with E-state index < -0.39 is 12.0 Å². The molecule has 2 heterocycles. The van der Waals surface area contributed by atoms with Crippen molar-refractivity contribution in [1.29, 1.82) is 0 Å². The van der Waals surface area contributed by atoms with Gasteiger partial charge in [0.25, 0.3) is 0 Å². The first kappa shape index (κ1) is 13.3. The van der Waals surface area contributed by atoms with Crippen molar-refractivity contribution in [3.8, 4) is 0 Å². The van der Waals surface area contributed by atoms with Crippen molar-refractivity contribution in [2.24, 2.45) is 0 Å². The van der Waals surface area contributed by atoms with Gasteiger partial charge in [-0.1, -0.05) is 6.07 Å². The van der Waals surface area contributed by atoms with Crippen LogP contribution in [0.1, 0.15) is 31.5 Å². The van der Waals surface area contributed by atoms with Crippen LogP contribution in [0.25, 0.3) is 0 Å². The molecule has 1 aromatic heterocycles. The second-order valence-corrected chi connectivity index (χ2v) is 4.62. The lowest BCUT2D eigenvalue weighted by Crippen LogP contribution is -2.46. The number of urea groups is 1. The molecule has 0 aliphatic carbocycles. The van der Waals surface area contributed by atoms with E-state index in [1.165, 1.54) is 4.90 Å². The SMILES string of the molecule is CC(NC(=O)N1CCC[C@@H]1C(=O)O)c1ccccn1. The van der Waals surface area contributed by atoms with Crippen LogP contribution in [0.15, 0.2) is 24.4 Å². The summed E-state index contributed by atoms with van der Waals surface area (Å²) in [6.07, 6.45) is 2.90. The molecule has 1 saturated heterocycles. The van der Waals surface area contributed by atoms with Crippen molar-refractivity contribution in [1.82, 2.24) is 15.2 Å². The van der Waals surface area contributed by atoms with Gasteiger partial charge in [0.1, 0.15) is 6.04 Å². The number of nitrogens with zero attached hydrogens (tertiary/aromatic N) is 2. The molecule has 6 heteroatoms. The Balaban J connectivity index is 1.99. The summed E-state index contributed by atoms with van der Waals surface area (Å²) in [6, 6.07) is 4.17. The third-order valence-corrected chi connectivity index (χ3v) is 3.27. The number of nitrogens with one attached hydrogen (secondary N) is 1. The molecule has 2 amide bonds. The van der Waals surface area contributed by atoms with E-state index in [-0.39, 0.29) is 12.1 Å². The van der Waals surface area contributed by atoms with Crippen molar-refractivity contribution in [3.63, 3.8) is 0 Å². The molecule has 1 aliphatic heterocycles. The second-order valence-electron chi connectivity index (χ2n) is 4.62. The predicted molar refractivity (Wildman–Crippen MR) is 68.5 cm³/mol. The van der Waals surface area contributed by atoms with Gasteiger partial charge in [0, 0.05) is 12.7 Å². The Bertz CT molecular complexity index is 463. The summed E-state index contributed by atoms with van der Waals surface area (Å²) in [5.74, 6) is -0.946. The molecular formula is C13H17N3O3. The monoisotopic (exact) mass is 263 g/mol. The molecule has 2 rings (SSSR count). The maximum atomic E-state index is 12.1. The van der Waals surface area contributed by atoms with E-state index in [1.807, 2.05) is 19.1 Å². The molecular weight excluding hydrogens is 246 g/mol. The first-order valence-corrected chi connectivity index (χ1v) is 6.30. The summed E-state index contributed by atoms with van der Waals surface area (Å²) < 4.78 is 0. The highest BCUT2D eigenvalue weighted by molar-refractivity contribution is 5.83. The molecule has 1 unspecified atom stereocenters. The third kappa shape index (κ3) is 3.01. The van der Waals surface area contributed by atoms with Crippen LogP contribution in [-0.2, 0) is 4.79 Å². The van der Waals surface area contributed by atoms with Gasteiger partial charge in [0.05, 0.1) is 11.7 Å². The minimum atomic E-state index is -0.946. The van der Waals surface area contributed by atoms with Gasteiger partial charge in [-0.05, 0) is 31.9 Å². The first-order valence-electron chi connectivity index (χ1n) is 6.30. The first-order chi connectivity index (χ1) is 9.09. The Morgan fingerprint density at radius 2 is 2.32 bits per heavy atom. The normalized spacial score (nSPS) is 20.1. The second kappa shape index (κ2) is 5.69. The number of hydrogen-bond donors (Lipinski definition) is 2. The van der Waals surface area contributed by atoms with Crippen LogP contribution in [0.4, 0.5) is 4.79 Å². The van der Waals surface area contributed by atoms with Crippen molar-refractivity contribution < 1.29 is 14.7 Å². The number of amides is 2. The largest absolute Gasteiger partial charge is 0.480 e. The van der Waals surface area contributed by atoms with Crippen LogP contribution in [0.3, 0.4) is 0 Å². The van der Waals surface area contributed by atoms with Crippen molar-refractivity contribution in [2.45, 2.75) is 31.8 Å². The summed E-state index contributed by atoms with van der Waals surface area (Å²) >= 11 is 0. The summed E-state index contributed by atoms with van der Waals surface area (Å²) in [6.45, 7) is 2.31. The van der Waals surface area contributed by atoms with E-state index in [0.717, 1.165) is 12.1 Å². The average molecular weight is 263 g/mol. The van der Waals surface area contributed by atoms with E-state index in [4.69, 9.17) is 5.11 Å². The van der Waals surface area contributed by atoms with Gasteiger partial charge in [-0.3, -0.25) is 4.98 Å². The molecule has 6 nitrogen and oxygen atoms in total. The number of rotatable bonds is 3. The van der Waals surface area contributed by atoms with Gasteiger partial charge in [-0.15, -0.1) is 0 Å². The lowest BCUT2D eigenvalue weighted by Gasteiger charge is -2.24. The third-order valence-electron chi connectivity index (χ3n) is 3.27.